The second kappa shape index (κ2) is 27.1. The number of benzene rings is 2. The van der Waals surface area contributed by atoms with Gasteiger partial charge in [0.2, 0.25) is 0 Å². The lowest BCUT2D eigenvalue weighted by Crippen LogP contribution is -2.39. The van der Waals surface area contributed by atoms with Gasteiger partial charge in [-0.1, -0.05) is 177 Å². The van der Waals surface area contributed by atoms with Gasteiger partial charge >= 0.3 is 12.4 Å². The maximum atomic E-state index is 13.2. The average molecular weight is 1090 g/mol. The van der Waals surface area contributed by atoms with Crippen LogP contribution in [-0.2, 0) is 19.4 Å². The minimum atomic E-state index is -4.30. The van der Waals surface area contributed by atoms with Crippen LogP contribution in [-0.4, -0.2) is 71.8 Å². The summed E-state index contributed by atoms with van der Waals surface area (Å²) >= 11 is 0. The van der Waals surface area contributed by atoms with Gasteiger partial charge in [-0.2, -0.15) is 26.3 Å². The van der Waals surface area contributed by atoms with Crippen LogP contribution in [0.5, 0.6) is 0 Å². The van der Waals surface area contributed by atoms with Gasteiger partial charge in [0.15, 0.2) is 0 Å². The first-order chi connectivity index (χ1) is 36.6. The van der Waals surface area contributed by atoms with Crippen molar-refractivity contribution in [3.8, 4) is 0 Å². The lowest BCUT2D eigenvalue weighted by molar-refractivity contribution is -0.150. The molecule has 4 aliphatic carbocycles. The van der Waals surface area contributed by atoms with Gasteiger partial charge in [-0.25, -0.2) is 0 Å². The molecule has 4 heterocycles. The summed E-state index contributed by atoms with van der Waals surface area (Å²) in [5.74, 6) is 5.38. The molecule has 2 aromatic carbocycles. The van der Waals surface area contributed by atoms with Crippen molar-refractivity contribution in [1.82, 2.24) is 31.1 Å². The molecule has 78 heavy (non-hydrogen) atoms. The van der Waals surface area contributed by atoms with E-state index in [2.05, 4.69) is 109 Å². The highest BCUT2D eigenvalue weighted by atomic mass is 19.4. The molecule has 4 N–H and O–H groups in total. The third-order valence-corrected chi connectivity index (χ3v) is 15.0. The molecule has 4 aliphatic heterocycles. The maximum Gasteiger partial charge on any atom is 0.410 e. The van der Waals surface area contributed by atoms with Crippen molar-refractivity contribution < 1.29 is 26.3 Å². The van der Waals surface area contributed by atoms with Gasteiger partial charge < -0.3 is 31.1 Å². The van der Waals surface area contributed by atoms with Gasteiger partial charge in [-0.05, 0) is 101 Å². The molecule has 3 unspecified atom stereocenters. The van der Waals surface area contributed by atoms with Crippen LogP contribution in [0.1, 0.15) is 187 Å². The maximum absolute atomic E-state index is 13.2. The van der Waals surface area contributed by atoms with Gasteiger partial charge in [0.05, 0.1) is 42.1 Å². The van der Waals surface area contributed by atoms with Crippen LogP contribution in [0.2, 0.25) is 0 Å². The Hall–Kier alpha value is -4.88. The van der Waals surface area contributed by atoms with Gasteiger partial charge in [-0.15, -0.1) is 0 Å². The van der Waals surface area contributed by atoms with Crippen LogP contribution in [0.3, 0.4) is 0 Å². The van der Waals surface area contributed by atoms with Gasteiger partial charge in [0, 0.05) is 55.3 Å². The summed E-state index contributed by atoms with van der Waals surface area (Å²) in [5, 5.41) is 11.7. The van der Waals surface area contributed by atoms with Gasteiger partial charge in [0.25, 0.3) is 0 Å². The lowest BCUT2D eigenvalue weighted by atomic mass is 9.91. The first kappa shape index (κ1) is 62.3. The molecule has 0 radical (unpaired) electrons. The SMILES string of the molecule is C1CC1CC1CC1.C1CC1CC1CC1.C=C(CC(C)(C)C)NCC1=Nc2cc(C(CCC)N3CC(C(F)(F)F)NC3=C)ccc2C1.C=C(CC(C)(C)C)NCC1=Nc2cc(CN3CC(C(F)(F)F)NC3=C)ccc2C1.CCC. The predicted molar refractivity (Wildman–Crippen MR) is 312 cm³/mol. The number of fused-ring (bicyclic) bond motifs is 2. The topological polar surface area (TPSA) is 79.3 Å². The molecule has 0 amide bonds. The van der Waals surface area contributed by atoms with Crippen molar-refractivity contribution in [3.63, 3.8) is 0 Å². The monoisotopic (exact) mass is 1090 g/mol. The van der Waals surface area contributed by atoms with E-state index in [4.69, 9.17) is 9.98 Å². The number of allylic oxidation sites excluding steroid dienone is 2. The van der Waals surface area contributed by atoms with E-state index in [9.17, 15) is 26.3 Å². The van der Waals surface area contributed by atoms with E-state index in [-0.39, 0.29) is 30.0 Å². The summed E-state index contributed by atoms with van der Waals surface area (Å²) in [5.41, 5.74) is 10.4. The second-order valence-corrected chi connectivity index (χ2v) is 26.1. The average Bonchev–Trinajstić information content (AvgIpc) is 4.25. The molecular weight excluding hydrogens is 995 g/mol. The molecule has 14 heteroatoms. The van der Waals surface area contributed by atoms with E-state index < -0.39 is 24.4 Å². The highest BCUT2D eigenvalue weighted by molar-refractivity contribution is 5.96. The molecule has 6 fully saturated rings. The normalized spacial score (nSPS) is 20.9. The Labute approximate surface area is 465 Å². The van der Waals surface area contributed by atoms with Crippen molar-refractivity contribution >= 4 is 22.8 Å². The summed E-state index contributed by atoms with van der Waals surface area (Å²) in [6, 6.07) is 8.72. The van der Waals surface area contributed by atoms with Gasteiger partial charge in [-0.3, -0.25) is 9.98 Å². The third-order valence-electron chi connectivity index (χ3n) is 15.0. The minimum absolute atomic E-state index is 0.127. The Bertz CT molecular complexity index is 2360. The van der Waals surface area contributed by atoms with Crippen molar-refractivity contribution in [3.05, 3.63) is 108 Å². The number of halogens is 6. The zero-order chi connectivity index (χ0) is 57.2. The molecule has 0 spiro atoms. The number of nitrogens with one attached hydrogen (secondary N) is 4. The number of nitrogens with zero attached hydrogens (tertiary/aromatic N) is 4. The number of hydrogen-bond acceptors (Lipinski definition) is 8. The number of aliphatic imine (C=N–C) groups is 2. The number of rotatable bonds is 18. The van der Waals surface area contributed by atoms with Crippen molar-refractivity contribution in [1.29, 1.82) is 0 Å². The molecule has 8 nitrogen and oxygen atoms in total. The minimum Gasteiger partial charge on any atom is -0.383 e. The van der Waals surface area contributed by atoms with E-state index in [1.165, 1.54) is 30.1 Å². The van der Waals surface area contributed by atoms with E-state index in [0.29, 0.717) is 31.3 Å². The van der Waals surface area contributed by atoms with Crippen LogP contribution < -0.4 is 21.3 Å². The molecule has 434 valence electrons. The first-order valence-corrected chi connectivity index (χ1v) is 29.4. The standard InChI is InChI=1S/C25H35F3N4.C22H29F3N4.2C7H12.C3H8/c1-7-8-22(32-15-23(25(26,27)28)30-17(32)3)19-10-9-18-11-20(31-21(18)12-19)14-29-16(2)13-24(4,5)6;1-14(10-21(3,4)5)26-11-18-9-17-7-6-16(8-19(17)28-18)12-29-13-20(22(23,24)25)27-15(29)2;2*1-2-6(1)5-7-3-4-7;1-3-2/h9-10,12,22-23,29-30H,2-3,7-8,11,13-15H2,1,4-6H3;6-8,20,26-27H,1-2,9-13H2,3-5H3;2*6-7H,1-5H2;3H2,1-2H3. The van der Waals surface area contributed by atoms with Gasteiger partial charge in [0.1, 0.15) is 12.1 Å². The molecule has 2 saturated heterocycles. The van der Waals surface area contributed by atoms with E-state index >= 15 is 0 Å². The fourth-order valence-corrected chi connectivity index (χ4v) is 10.4. The quantitative estimate of drug-likeness (QED) is 0.111. The van der Waals surface area contributed by atoms with Crippen LogP contribution in [0, 0.1) is 34.5 Å². The smallest absolute Gasteiger partial charge is 0.383 e. The lowest BCUT2D eigenvalue weighted by Gasteiger charge is -2.30. The molecule has 0 bridgehead atoms. The molecule has 2 aromatic rings. The second-order valence-electron chi connectivity index (χ2n) is 26.1. The molecule has 4 saturated carbocycles. The zero-order valence-corrected chi connectivity index (χ0v) is 48.9. The Morgan fingerprint density at radius 2 is 1.05 bits per heavy atom. The summed E-state index contributed by atoms with van der Waals surface area (Å²) < 4.78 is 78.5. The Balaban J connectivity index is 0.000000193. The fourth-order valence-electron chi connectivity index (χ4n) is 10.4. The first-order valence-electron chi connectivity index (χ1n) is 29.4. The zero-order valence-electron chi connectivity index (χ0n) is 48.9. The van der Waals surface area contributed by atoms with Crippen molar-refractivity contribution in [2.45, 2.75) is 208 Å². The molecule has 3 atom stereocenters. The Morgan fingerprint density at radius 1 is 0.628 bits per heavy atom. The van der Waals surface area contributed by atoms with Crippen LogP contribution >= 0.6 is 0 Å². The molecule has 0 aromatic heterocycles. The highest BCUT2D eigenvalue weighted by Gasteiger charge is 2.47. The largest absolute Gasteiger partial charge is 0.410 e. The third kappa shape index (κ3) is 21.3. The number of alkyl halides is 6. The molecular formula is C64H96F6N8. The summed E-state index contributed by atoms with van der Waals surface area (Å²) in [4.78, 5) is 12.9. The summed E-state index contributed by atoms with van der Waals surface area (Å²) in [6.45, 7) is 36.5. The van der Waals surface area contributed by atoms with Crippen LogP contribution in [0.4, 0.5) is 37.7 Å². The summed E-state index contributed by atoms with van der Waals surface area (Å²) in [6.07, 6.45) is 13.2. The Kier molecular flexibility index (Phi) is 21.6. The highest BCUT2D eigenvalue weighted by Crippen LogP contribution is 2.45. The van der Waals surface area contributed by atoms with Crippen LogP contribution in [0.25, 0.3) is 0 Å². The molecule has 10 rings (SSSR count). The van der Waals surface area contributed by atoms with Crippen molar-refractivity contribution in [2.24, 2.45) is 44.5 Å². The number of hydrogen-bond donors (Lipinski definition) is 4. The Morgan fingerprint density at radius 3 is 1.45 bits per heavy atom. The van der Waals surface area contributed by atoms with E-state index in [0.717, 1.165) is 95.0 Å². The van der Waals surface area contributed by atoms with Crippen LogP contribution in [0.15, 0.2) is 95.7 Å². The predicted octanol–water partition coefficient (Wildman–Crippen LogP) is 16.5. The van der Waals surface area contributed by atoms with Crippen molar-refractivity contribution in [2.75, 3.05) is 26.2 Å². The van der Waals surface area contributed by atoms with E-state index in [1.807, 2.05) is 37.3 Å². The summed E-state index contributed by atoms with van der Waals surface area (Å²) in [7, 11) is 0. The fraction of sp³-hybridized carbons (Fsp3) is 0.656. The molecule has 8 aliphatic rings. The van der Waals surface area contributed by atoms with E-state index in [1.54, 1.807) is 74.0 Å².